The van der Waals surface area contributed by atoms with Gasteiger partial charge in [0.25, 0.3) is 0 Å². The molecule has 6 nitrogen and oxygen atoms in total. The van der Waals surface area contributed by atoms with Crippen molar-refractivity contribution in [3.8, 4) is 11.8 Å². The van der Waals surface area contributed by atoms with E-state index in [0.717, 1.165) is 11.3 Å². The maximum Gasteiger partial charge on any atom is 0.348 e. The van der Waals surface area contributed by atoms with Gasteiger partial charge < -0.3 is 14.8 Å². The highest BCUT2D eigenvalue weighted by molar-refractivity contribution is 6.02. The first-order valence-electron chi connectivity index (χ1n) is 8.57. The Labute approximate surface area is 163 Å². The van der Waals surface area contributed by atoms with Crippen LogP contribution in [-0.2, 0) is 14.3 Å². The zero-order chi connectivity index (χ0) is 20.4. The van der Waals surface area contributed by atoms with Crippen LogP contribution < -0.4 is 10.1 Å². The maximum atomic E-state index is 12.0. The van der Waals surface area contributed by atoms with E-state index in [9.17, 15) is 9.59 Å². The lowest BCUT2D eigenvalue weighted by atomic mass is 10.1. The second kappa shape index (κ2) is 10.3. The first-order chi connectivity index (χ1) is 13.5. The van der Waals surface area contributed by atoms with Crippen molar-refractivity contribution >= 4 is 29.7 Å². The third kappa shape index (κ3) is 6.15. The highest BCUT2D eigenvalue weighted by Crippen LogP contribution is 2.14. The van der Waals surface area contributed by atoms with E-state index in [1.807, 2.05) is 30.3 Å². The number of benzene rings is 2. The number of amides is 1. The minimum absolute atomic E-state index is 0.0824. The Morgan fingerprint density at radius 2 is 1.71 bits per heavy atom. The number of carbonyl (C=O) groups excluding carboxylic acids is 2. The fraction of sp³-hybridized carbons (Fsp3) is 0.136. The Morgan fingerprint density at radius 3 is 2.29 bits per heavy atom. The van der Waals surface area contributed by atoms with Crippen molar-refractivity contribution in [3.63, 3.8) is 0 Å². The largest absolute Gasteiger partial charge is 0.497 e. The van der Waals surface area contributed by atoms with Crippen LogP contribution in [0.15, 0.2) is 60.2 Å². The van der Waals surface area contributed by atoms with Crippen molar-refractivity contribution < 1.29 is 19.1 Å². The lowest BCUT2D eigenvalue weighted by Gasteiger charge is -2.04. The summed E-state index contributed by atoms with van der Waals surface area (Å²) in [5, 5.41) is 11.8. The number of hydrogen-bond donors (Lipinski definition) is 1. The zero-order valence-corrected chi connectivity index (χ0v) is 15.6. The number of nitrogens with one attached hydrogen (secondary N) is 1. The van der Waals surface area contributed by atoms with Crippen molar-refractivity contribution in [2.24, 2.45) is 0 Å². The number of hydrogen-bond acceptors (Lipinski definition) is 5. The fourth-order valence-corrected chi connectivity index (χ4v) is 2.25. The van der Waals surface area contributed by atoms with Gasteiger partial charge in [0.2, 0.25) is 5.91 Å². The molecule has 0 radical (unpaired) electrons. The van der Waals surface area contributed by atoms with E-state index < -0.39 is 5.97 Å². The molecule has 0 saturated carbocycles. The van der Waals surface area contributed by atoms with Gasteiger partial charge >= 0.3 is 5.97 Å². The molecule has 28 heavy (non-hydrogen) atoms. The first kappa shape index (κ1) is 20.5. The van der Waals surface area contributed by atoms with Gasteiger partial charge in [-0.25, -0.2) is 4.79 Å². The molecule has 0 atom stereocenters. The van der Waals surface area contributed by atoms with Gasteiger partial charge in [0.15, 0.2) is 0 Å². The Kier molecular flexibility index (Phi) is 7.55. The average molecular weight is 376 g/mol. The monoisotopic (exact) mass is 376 g/mol. The molecule has 142 valence electrons. The molecular weight excluding hydrogens is 356 g/mol. The van der Waals surface area contributed by atoms with Gasteiger partial charge in [-0.1, -0.05) is 24.3 Å². The van der Waals surface area contributed by atoms with Gasteiger partial charge in [0.05, 0.1) is 13.7 Å². The van der Waals surface area contributed by atoms with Crippen molar-refractivity contribution in [2.75, 3.05) is 19.0 Å². The van der Waals surface area contributed by atoms with Crippen LogP contribution >= 0.6 is 0 Å². The molecule has 0 aliphatic carbocycles. The molecule has 2 rings (SSSR count). The lowest BCUT2D eigenvalue weighted by molar-refractivity contribution is -0.137. The summed E-state index contributed by atoms with van der Waals surface area (Å²) in [6.07, 6.45) is 4.57. The summed E-state index contributed by atoms with van der Waals surface area (Å²) in [5.74, 6) is -0.187. The van der Waals surface area contributed by atoms with Crippen LogP contribution in [0.2, 0.25) is 0 Å². The summed E-state index contributed by atoms with van der Waals surface area (Å²) >= 11 is 0. The van der Waals surface area contributed by atoms with Crippen molar-refractivity contribution in [1.29, 1.82) is 5.26 Å². The summed E-state index contributed by atoms with van der Waals surface area (Å²) in [6.45, 7) is 1.88. The summed E-state index contributed by atoms with van der Waals surface area (Å²) in [4.78, 5) is 23.7. The Bertz CT molecular complexity index is 921. The molecular formula is C22H20N2O4. The predicted molar refractivity (Wildman–Crippen MR) is 107 cm³/mol. The number of methoxy groups -OCH3 is 1. The number of esters is 1. The maximum absolute atomic E-state index is 12.0. The van der Waals surface area contributed by atoms with E-state index in [2.05, 4.69) is 5.32 Å². The van der Waals surface area contributed by atoms with Crippen LogP contribution in [0.5, 0.6) is 5.75 Å². The Morgan fingerprint density at radius 1 is 1.07 bits per heavy atom. The third-order valence-corrected chi connectivity index (χ3v) is 3.65. The lowest BCUT2D eigenvalue weighted by Crippen LogP contribution is -2.07. The van der Waals surface area contributed by atoms with Gasteiger partial charge in [-0.15, -0.1) is 0 Å². The van der Waals surface area contributed by atoms with E-state index in [1.165, 1.54) is 12.2 Å². The molecule has 0 aliphatic heterocycles. The van der Waals surface area contributed by atoms with Crippen LogP contribution in [-0.4, -0.2) is 25.6 Å². The minimum atomic E-state index is -0.661. The number of carbonyl (C=O) groups is 2. The first-order valence-corrected chi connectivity index (χ1v) is 8.57. The van der Waals surface area contributed by atoms with Crippen LogP contribution in [0.3, 0.4) is 0 Å². The second-order valence-electron chi connectivity index (χ2n) is 5.61. The smallest absolute Gasteiger partial charge is 0.348 e. The van der Waals surface area contributed by atoms with E-state index in [4.69, 9.17) is 14.7 Å². The highest BCUT2D eigenvalue weighted by Gasteiger charge is 2.09. The molecule has 0 aromatic heterocycles. The SMILES string of the molecule is CCOC(=O)/C(C#N)=C/c1ccc(NC(=O)/C=C/c2ccc(OC)cc2)cc1. The molecule has 0 saturated heterocycles. The van der Waals surface area contributed by atoms with Crippen LogP contribution in [0.4, 0.5) is 5.69 Å². The molecule has 0 spiro atoms. The van der Waals surface area contributed by atoms with Gasteiger partial charge in [0, 0.05) is 11.8 Å². The van der Waals surface area contributed by atoms with E-state index in [1.54, 1.807) is 44.4 Å². The van der Waals surface area contributed by atoms with Crippen molar-refractivity contribution in [1.82, 2.24) is 0 Å². The Balaban J connectivity index is 1.99. The van der Waals surface area contributed by atoms with Crippen LogP contribution in [0.25, 0.3) is 12.2 Å². The standard InChI is InChI=1S/C22H20N2O4/c1-3-28-22(26)18(15-23)14-17-4-9-19(10-5-17)24-21(25)13-8-16-6-11-20(27-2)12-7-16/h4-14H,3H2,1-2H3,(H,24,25)/b13-8+,18-14+. The Hall–Kier alpha value is -3.85. The zero-order valence-electron chi connectivity index (χ0n) is 15.6. The molecule has 6 heteroatoms. The molecule has 0 fully saturated rings. The molecule has 2 aromatic carbocycles. The van der Waals surface area contributed by atoms with Gasteiger partial charge in [-0.2, -0.15) is 5.26 Å². The average Bonchev–Trinajstić information content (AvgIpc) is 2.72. The fourth-order valence-electron chi connectivity index (χ4n) is 2.25. The highest BCUT2D eigenvalue weighted by atomic mass is 16.5. The topological polar surface area (TPSA) is 88.4 Å². The molecule has 0 bridgehead atoms. The molecule has 0 unspecified atom stereocenters. The summed E-state index contributed by atoms with van der Waals surface area (Å²) in [7, 11) is 1.59. The van der Waals surface area contributed by atoms with Crippen molar-refractivity contribution in [3.05, 3.63) is 71.3 Å². The number of nitrogens with zero attached hydrogens (tertiary/aromatic N) is 1. The van der Waals surface area contributed by atoms with Crippen molar-refractivity contribution in [2.45, 2.75) is 6.92 Å². The summed E-state index contributed by atoms with van der Waals surface area (Å²) < 4.78 is 9.91. The normalized spacial score (nSPS) is 11.0. The molecule has 1 N–H and O–H groups in total. The number of rotatable bonds is 7. The van der Waals surface area contributed by atoms with Crippen LogP contribution in [0.1, 0.15) is 18.1 Å². The molecule has 0 heterocycles. The van der Waals surface area contributed by atoms with E-state index in [0.29, 0.717) is 11.3 Å². The predicted octanol–water partition coefficient (Wildman–Crippen LogP) is 3.82. The third-order valence-electron chi connectivity index (χ3n) is 3.65. The number of anilines is 1. The second-order valence-corrected chi connectivity index (χ2v) is 5.61. The number of nitriles is 1. The minimum Gasteiger partial charge on any atom is -0.497 e. The van der Waals surface area contributed by atoms with Gasteiger partial charge in [0.1, 0.15) is 17.4 Å². The quantitative estimate of drug-likeness (QED) is 0.451. The molecule has 2 aromatic rings. The van der Waals surface area contributed by atoms with Crippen LogP contribution in [0, 0.1) is 11.3 Å². The van der Waals surface area contributed by atoms with Gasteiger partial charge in [-0.3, -0.25) is 4.79 Å². The molecule has 1 amide bonds. The number of ether oxygens (including phenoxy) is 2. The summed E-state index contributed by atoms with van der Waals surface area (Å²) in [6, 6.07) is 15.9. The van der Waals surface area contributed by atoms with Gasteiger partial charge in [-0.05, 0) is 54.5 Å². The summed E-state index contributed by atoms with van der Waals surface area (Å²) in [5.41, 5.74) is 2.04. The van der Waals surface area contributed by atoms with E-state index >= 15 is 0 Å². The van der Waals surface area contributed by atoms with E-state index in [-0.39, 0.29) is 18.1 Å². The molecule has 0 aliphatic rings.